The topological polar surface area (TPSA) is 58.9 Å². The summed E-state index contributed by atoms with van der Waals surface area (Å²) >= 11 is 1.54. The smallest absolute Gasteiger partial charge is 0.118 e. The first-order chi connectivity index (χ1) is 8.60. The number of benzene rings is 1. The van der Waals surface area contributed by atoms with Gasteiger partial charge in [0.25, 0.3) is 0 Å². The molecule has 0 spiro atoms. The van der Waals surface area contributed by atoms with Gasteiger partial charge in [0.15, 0.2) is 0 Å². The summed E-state index contributed by atoms with van der Waals surface area (Å²) in [6, 6.07) is 7.68. The molecule has 0 saturated carbocycles. The fraction of sp³-hybridized carbons (Fsp3) is 0.538. The van der Waals surface area contributed by atoms with Crippen molar-refractivity contribution in [2.24, 2.45) is 0 Å². The summed E-state index contributed by atoms with van der Waals surface area (Å²) in [7, 11) is 1.63. The van der Waals surface area contributed by atoms with Crippen molar-refractivity contribution in [3.63, 3.8) is 0 Å². The highest BCUT2D eigenvalue weighted by Crippen LogP contribution is 2.33. The average molecular weight is 270 g/mol. The lowest BCUT2D eigenvalue weighted by atomic mass is 10.0. The largest absolute Gasteiger partial charge is 0.497 e. The second-order valence-corrected chi connectivity index (χ2v) is 5.59. The van der Waals surface area contributed by atoms with Gasteiger partial charge < -0.3 is 19.7 Å². The van der Waals surface area contributed by atoms with Crippen molar-refractivity contribution in [2.45, 2.75) is 42.0 Å². The van der Waals surface area contributed by atoms with Gasteiger partial charge >= 0.3 is 0 Å². The molecule has 4 nitrogen and oxygen atoms in total. The Hall–Kier alpha value is -0.750. The van der Waals surface area contributed by atoms with Gasteiger partial charge in [0.1, 0.15) is 17.3 Å². The number of ether oxygens (including phenoxy) is 2. The highest BCUT2D eigenvalue weighted by molar-refractivity contribution is 7.99. The third-order valence-corrected chi connectivity index (χ3v) is 4.11. The molecule has 0 aliphatic carbocycles. The van der Waals surface area contributed by atoms with Gasteiger partial charge in [-0.1, -0.05) is 11.8 Å². The van der Waals surface area contributed by atoms with E-state index in [1.54, 1.807) is 25.8 Å². The molecule has 1 saturated heterocycles. The van der Waals surface area contributed by atoms with Crippen LogP contribution in [0.5, 0.6) is 5.75 Å². The second kappa shape index (κ2) is 5.93. The van der Waals surface area contributed by atoms with Crippen LogP contribution in [0, 0.1) is 0 Å². The van der Waals surface area contributed by atoms with Crippen LogP contribution in [0.3, 0.4) is 0 Å². The van der Waals surface area contributed by atoms with Crippen LogP contribution in [0.2, 0.25) is 0 Å². The summed E-state index contributed by atoms with van der Waals surface area (Å²) in [5.74, 6) is 0.813. The molecule has 0 radical (unpaired) electrons. The monoisotopic (exact) mass is 270 g/mol. The average Bonchev–Trinajstić information content (AvgIpc) is 2.37. The number of thioether (sulfide) groups is 1. The van der Waals surface area contributed by atoms with Crippen LogP contribution in [0.1, 0.15) is 13.3 Å². The minimum Gasteiger partial charge on any atom is -0.497 e. The molecule has 5 heteroatoms. The number of hydrogen-bond acceptors (Lipinski definition) is 5. The SMILES string of the molecule is COc1ccc(SC2C[C@H](O)[C@H](O)[C@H](C)O2)cc1. The zero-order valence-corrected chi connectivity index (χ0v) is 11.3. The molecular weight excluding hydrogens is 252 g/mol. The first-order valence-corrected chi connectivity index (χ1v) is 6.80. The molecule has 1 aromatic carbocycles. The molecule has 2 rings (SSSR count). The van der Waals surface area contributed by atoms with E-state index >= 15 is 0 Å². The van der Waals surface area contributed by atoms with Gasteiger partial charge in [-0.15, -0.1) is 0 Å². The molecule has 0 bridgehead atoms. The van der Waals surface area contributed by atoms with Gasteiger partial charge in [-0.2, -0.15) is 0 Å². The van der Waals surface area contributed by atoms with Crippen molar-refractivity contribution in [2.75, 3.05) is 7.11 Å². The third-order valence-electron chi connectivity index (χ3n) is 3.00. The molecular formula is C13H18O4S. The van der Waals surface area contributed by atoms with Crippen molar-refractivity contribution in [1.82, 2.24) is 0 Å². The molecule has 1 unspecified atom stereocenters. The van der Waals surface area contributed by atoms with Crippen LogP contribution in [-0.2, 0) is 4.74 Å². The van der Waals surface area contributed by atoms with E-state index in [9.17, 15) is 10.2 Å². The van der Waals surface area contributed by atoms with Gasteiger partial charge in [-0.3, -0.25) is 0 Å². The molecule has 1 aliphatic rings. The Bertz CT molecular complexity index is 369. The Kier molecular flexibility index (Phi) is 4.50. The van der Waals surface area contributed by atoms with Crippen molar-refractivity contribution in [1.29, 1.82) is 0 Å². The van der Waals surface area contributed by atoms with E-state index in [0.29, 0.717) is 6.42 Å². The Morgan fingerprint density at radius 2 is 1.94 bits per heavy atom. The van der Waals surface area contributed by atoms with E-state index in [4.69, 9.17) is 9.47 Å². The fourth-order valence-electron chi connectivity index (χ4n) is 1.91. The standard InChI is InChI=1S/C13H18O4S/c1-8-13(15)11(14)7-12(17-8)18-10-5-3-9(16-2)4-6-10/h3-6,8,11-15H,7H2,1-2H3/t8-,11-,12?,13+/m0/s1. The fourth-order valence-corrected chi connectivity index (χ4v) is 3.03. The molecule has 1 aliphatic heterocycles. The second-order valence-electron chi connectivity index (χ2n) is 4.36. The zero-order chi connectivity index (χ0) is 13.1. The molecule has 0 amide bonds. The molecule has 1 heterocycles. The number of rotatable bonds is 3. The van der Waals surface area contributed by atoms with Crippen LogP contribution in [0.4, 0.5) is 0 Å². The summed E-state index contributed by atoms with van der Waals surface area (Å²) in [5, 5.41) is 19.3. The summed E-state index contributed by atoms with van der Waals surface area (Å²) in [5.41, 5.74) is -0.133. The summed E-state index contributed by atoms with van der Waals surface area (Å²) in [6.07, 6.45) is -1.42. The minimum atomic E-state index is -0.794. The summed E-state index contributed by atoms with van der Waals surface area (Å²) in [6.45, 7) is 1.77. The maximum absolute atomic E-state index is 9.72. The quantitative estimate of drug-likeness (QED) is 0.874. The van der Waals surface area contributed by atoms with Crippen LogP contribution in [-0.4, -0.2) is 41.1 Å². The van der Waals surface area contributed by atoms with Crippen LogP contribution in [0.15, 0.2) is 29.2 Å². The highest BCUT2D eigenvalue weighted by atomic mass is 32.2. The van der Waals surface area contributed by atoms with Crippen molar-refractivity contribution in [3.8, 4) is 5.75 Å². The Balaban J connectivity index is 1.96. The number of aliphatic hydroxyl groups excluding tert-OH is 2. The maximum atomic E-state index is 9.72. The lowest BCUT2D eigenvalue weighted by molar-refractivity contribution is -0.137. The van der Waals surface area contributed by atoms with Gasteiger partial charge in [0, 0.05) is 11.3 Å². The molecule has 2 N–H and O–H groups in total. The molecule has 100 valence electrons. The Morgan fingerprint density at radius 1 is 1.28 bits per heavy atom. The predicted octanol–water partition coefficient (Wildman–Crippen LogP) is 1.64. The van der Waals surface area contributed by atoms with E-state index in [-0.39, 0.29) is 11.5 Å². The predicted molar refractivity (Wildman–Crippen MR) is 69.8 cm³/mol. The lowest BCUT2D eigenvalue weighted by Crippen LogP contribution is -2.45. The Labute approximate surface area is 111 Å². The van der Waals surface area contributed by atoms with Crippen LogP contribution in [0.25, 0.3) is 0 Å². The van der Waals surface area contributed by atoms with E-state index in [2.05, 4.69) is 0 Å². The first kappa shape index (κ1) is 13.7. The highest BCUT2D eigenvalue weighted by Gasteiger charge is 2.34. The molecule has 0 aromatic heterocycles. The summed E-state index contributed by atoms with van der Waals surface area (Å²) < 4.78 is 10.7. The molecule has 1 fully saturated rings. The normalized spacial score (nSPS) is 32.2. The van der Waals surface area contributed by atoms with Gasteiger partial charge in [0.2, 0.25) is 0 Å². The number of hydrogen-bond donors (Lipinski definition) is 2. The van der Waals surface area contributed by atoms with E-state index in [1.165, 1.54) is 0 Å². The Morgan fingerprint density at radius 3 is 2.50 bits per heavy atom. The van der Waals surface area contributed by atoms with Crippen molar-refractivity contribution < 1.29 is 19.7 Å². The van der Waals surface area contributed by atoms with E-state index < -0.39 is 12.2 Å². The summed E-state index contributed by atoms with van der Waals surface area (Å²) in [4.78, 5) is 1.05. The third kappa shape index (κ3) is 3.17. The van der Waals surface area contributed by atoms with Crippen molar-refractivity contribution >= 4 is 11.8 Å². The first-order valence-electron chi connectivity index (χ1n) is 5.92. The molecule has 4 atom stereocenters. The van der Waals surface area contributed by atoms with Gasteiger partial charge in [-0.25, -0.2) is 0 Å². The number of methoxy groups -OCH3 is 1. The molecule has 1 aromatic rings. The minimum absolute atomic E-state index is 0.133. The molecule has 18 heavy (non-hydrogen) atoms. The van der Waals surface area contributed by atoms with Crippen LogP contribution < -0.4 is 4.74 Å². The van der Waals surface area contributed by atoms with Gasteiger partial charge in [0.05, 0.1) is 19.3 Å². The number of aliphatic hydroxyl groups is 2. The van der Waals surface area contributed by atoms with E-state index in [1.807, 2.05) is 24.3 Å². The van der Waals surface area contributed by atoms with Crippen molar-refractivity contribution in [3.05, 3.63) is 24.3 Å². The van der Waals surface area contributed by atoms with E-state index in [0.717, 1.165) is 10.6 Å². The van der Waals surface area contributed by atoms with Gasteiger partial charge in [-0.05, 0) is 31.2 Å². The lowest BCUT2D eigenvalue weighted by Gasteiger charge is -2.35. The zero-order valence-electron chi connectivity index (χ0n) is 10.4. The van der Waals surface area contributed by atoms with Crippen LogP contribution >= 0.6 is 11.8 Å². The maximum Gasteiger partial charge on any atom is 0.118 e.